The van der Waals surface area contributed by atoms with Crippen LogP contribution < -0.4 is 19.1 Å². The summed E-state index contributed by atoms with van der Waals surface area (Å²) in [5, 5.41) is 2.96. The topological polar surface area (TPSA) is 86.3 Å². The van der Waals surface area contributed by atoms with Crippen LogP contribution in [0.3, 0.4) is 0 Å². The Bertz CT molecular complexity index is 1370. The number of nitrogens with one attached hydrogen (secondary N) is 1. The molecule has 1 aliphatic heterocycles. The second-order valence-electron chi connectivity index (χ2n) is 9.19. The molecule has 1 N–H and O–H groups in total. The lowest BCUT2D eigenvalue weighted by Crippen LogP contribution is -2.44. The second-order valence-corrected chi connectivity index (χ2v) is 11.2. The highest BCUT2D eigenvalue weighted by Gasteiger charge is 2.42. The van der Waals surface area contributed by atoms with E-state index in [2.05, 4.69) is 5.32 Å². The van der Waals surface area contributed by atoms with Crippen molar-refractivity contribution in [1.29, 1.82) is 0 Å². The van der Waals surface area contributed by atoms with Gasteiger partial charge in [0.2, 0.25) is 5.91 Å². The van der Waals surface area contributed by atoms with Gasteiger partial charge < -0.3 is 23.8 Å². The third-order valence-electron chi connectivity index (χ3n) is 6.19. The Hall–Kier alpha value is -4.10. The third-order valence-corrected chi connectivity index (χ3v) is 8.18. The molecule has 0 radical (unpaired) electrons. The number of rotatable bonds is 11. The van der Waals surface area contributed by atoms with Crippen LogP contribution in [0.5, 0.6) is 23.0 Å². The van der Waals surface area contributed by atoms with E-state index in [0.29, 0.717) is 54.9 Å². The van der Waals surface area contributed by atoms with Gasteiger partial charge >= 0.3 is 7.60 Å². The first kappa shape index (κ1) is 27.5. The molecule has 5 rings (SSSR count). The van der Waals surface area contributed by atoms with Gasteiger partial charge in [-0.1, -0.05) is 66.7 Å². The van der Waals surface area contributed by atoms with Crippen molar-refractivity contribution in [1.82, 2.24) is 10.2 Å². The van der Waals surface area contributed by atoms with Gasteiger partial charge in [0.1, 0.15) is 23.0 Å². The molecule has 1 fully saturated rings. The van der Waals surface area contributed by atoms with Crippen LogP contribution in [-0.4, -0.2) is 43.7 Å². The van der Waals surface area contributed by atoms with Crippen LogP contribution >= 0.6 is 7.60 Å². The molecular formula is C31H31N2O6P. The van der Waals surface area contributed by atoms with E-state index < -0.39 is 13.4 Å². The van der Waals surface area contributed by atoms with E-state index in [0.717, 1.165) is 0 Å². The van der Waals surface area contributed by atoms with Crippen LogP contribution in [0.4, 0.5) is 0 Å². The van der Waals surface area contributed by atoms with Crippen LogP contribution in [0.15, 0.2) is 115 Å². The predicted molar refractivity (Wildman–Crippen MR) is 153 cm³/mol. The summed E-state index contributed by atoms with van der Waals surface area (Å²) in [6.07, 6.45) is 0. The Balaban J connectivity index is 1.51. The molecule has 8 nitrogen and oxygen atoms in total. The van der Waals surface area contributed by atoms with Crippen molar-refractivity contribution < 1.29 is 27.9 Å². The quantitative estimate of drug-likeness (QED) is 0.217. The number of morpholine rings is 1. The van der Waals surface area contributed by atoms with Gasteiger partial charge in [0.05, 0.1) is 19.8 Å². The van der Waals surface area contributed by atoms with Crippen LogP contribution in [-0.2, 0) is 14.1 Å². The molecule has 0 aliphatic carbocycles. The number of amides is 1. The fraction of sp³-hybridized carbons (Fsp3) is 0.194. The average Bonchev–Trinajstić information content (AvgIpc) is 2.98. The average molecular weight is 559 g/mol. The van der Waals surface area contributed by atoms with E-state index in [1.807, 2.05) is 47.4 Å². The molecule has 0 spiro atoms. The maximum absolute atomic E-state index is 14.8. The number of para-hydroxylation sites is 3. The number of ether oxygens (including phenoxy) is 2. The molecular weight excluding hydrogens is 527 g/mol. The van der Waals surface area contributed by atoms with E-state index in [4.69, 9.17) is 18.5 Å². The van der Waals surface area contributed by atoms with Crippen LogP contribution in [0.2, 0.25) is 0 Å². The Labute approximate surface area is 234 Å². The van der Waals surface area contributed by atoms with Gasteiger partial charge in [0.15, 0.2) is 5.78 Å². The molecule has 1 amide bonds. The number of hydrogen-bond acceptors (Lipinski definition) is 7. The first-order valence-corrected chi connectivity index (χ1v) is 14.7. The molecule has 4 aromatic carbocycles. The van der Waals surface area contributed by atoms with Crippen molar-refractivity contribution in [2.75, 3.05) is 32.8 Å². The molecule has 0 bridgehead atoms. The van der Waals surface area contributed by atoms with Crippen LogP contribution in [0.1, 0.15) is 11.3 Å². The fourth-order valence-corrected chi connectivity index (χ4v) is 6.17. The summed E-state index contributed by atoms with van der Waals surface area (Å²) in [6.45, 7) is 2.51. The van der Waals surface area contributed by atoms with Crippen molar-refractivity contribution in [2.24, 2.45) is 0 Å². The van der Waals surface area contributed by atoms with Crippen LogP contribution in [0.25, 0.3) is 0 Å². The van der Waals surface area contributed by atoms with Gasteiger partial charge in [-0.3, -0.25) is 9.69 Å². The molecule has 206 valence electrons. The third kappa shape index (κ3) is 7.51. The van der Waals surface area contributed by atoms with Gasteiger partial charge in [0.25, 0.3) is 0 Å². The van der Waals surface area contributed by atoms with E-state index in [-0.39, 0.29) is 12.5 Å². The van der Waals surface area contributed by atoms with E-state index in [1.54, 1.807) is 72.8 Å². The highest BCUT2D eigenvalue weighted by molar-refractivity contribution is 7.55. The largest absolute Gasteiger partial charge is 0.457 e. The summed E-state index contributed by atoms with van der Waals surface area (Å²) in [4.78, 5) is 15.4. The standard InChI is InChI=1S/C31H31N2O6P/c34-30(24-33-19-21-36-22-20-33)32-31(25-11-10-18-29(23-25)37-26-12-4-1-5-13-26)40(35,38-27-14-6-2-7-15-27)39-28-16-8-3-9-17-28/h1-18,23,31H,19-22,24H2,(H,32,34). The lowest BCUT2D eigenvalue weighted by atomic mass is 10.2. The Kier molecular flexibility index (Phi) is 9.14. The van der Waals surface area contributed by atoms with E-state index >= 15 is 0 Å². The minimum Gasteiger partial charge on any atom is -0.457 e. The molecule has 1 unspecified atom stereocenters. The molecule has 1 saturated heterocycles. The molecule has 1 atom stereocenters. The summed E-state index contributed by atoms with van der Waals surface area (Å²) in [5.74, 6) is 0.422. The summed E-state index contributed by atoms with van der Waals surface area (Å²) < 4.78 is 38.5. The minimum atomic E-state index is -4.14. The lowest BCUT2D eigenvalue weighted by Gasteiger charge is -2.30. The Morgan fingerprint density at radius 1 is 0.750 bits per heavy atom. The van der Waals surface area contributed by atoms with Gasteiger partial charge in [-0.15, -0.1) is 0 Å². The normalized spacial score (nSPS) is 14.6. The highest BCUT2D eigenvalue weighted by Crippen LogP contribution is 2.59. The Morgan fingerprint density at radius 2 is 1.27 bits per heavy atom. The summed E-state index contributed by atoms with van der Waals surface area (Å²) >= 11 is 0. The van der Waals surface area contributed by atoms with Gasteiger partial charge in [-0.2, -0.15) is 0 Å². The monoisotopic (exact) mass is 558 g/mol. The zero-order valence-corrected chi connectivity index (χ0v) is 22.8. The zero-order chi connectivity index (χ0) is 27.6. The number of carbonyl (C=O) groups excluding carboxylic acids is 1. The molecule has 9 heteroatoms. The summed E-state index contributed by atoms with van der Waals surface area (Å²) in [5.41, 5.74) is 0.513. The van der Waals surface area contributed by atoms with Crippen molar-refractivity contribution in [3.05, 3.63) is 121 Å². The van der Waals surface area contributed by atoms with E-state index in [9.17, 15) is 9.36 Å². The molecule has 0 saturated carbocycles. The SMILES string of the molecule is O=C(CN1CCOCC1)NC(c1cccc(Oc2ccccc2)c1)P(=O)(Oc1ccccc1)Oc1ccccc1. The number of carbonyl (C=O) groups is 1. The maximum Gasteiger partial charge on any atom is 0.457 e. The van der Waals surface area contributed by atoms with Crippen LogP contribution in [0, 0.1) is 0 Å². The lowest BCUT2D eigenvalue weighted by molar-refractivity contribution is -0.123. The number of hydrogen-bond donors (Lipinski definition) is 1. The first-order chi connectivity index (χ1) is 19.6. The molecule has 1 aliphatic rings. The van der Waals surface area contributed by atoms with Gasteiger partial charge in [-0.05, 0) is 54.1 Å². The first-order valence-electron chi connectivity index (χ1n) is 13.1. The number of nitrogens with zero attached hydrogens (tertiary/aromatic N) is 1. The summed E-state index contributed by atoms with van der Waals surface area (Å²) in [7, 11) is -4.14. The van der Waals surface area contributed by atoms with E-state index in [1.165, 1.54) is 0 Å². The van der Waals surface area contributed by atoms with Gasteiger partial charge in [0, 0.05) is 13.1 Å². The highest BCUT2D eigenvalue weighted by atomic mass is 31.2. The zero-order valence-electron chi connectivity index (χ0n) is 21.9. The van der Waals surface area contributed by atoms with Crippen molar-refractivity contribution in [3.63, 3.8) is 0 Å². The molecule has 1 heterocycles. The number of benzene rings is 4. The molecule has 0 aromatic heterocycles. The van der Waals surface area contributed by atoms with Gasteiger partial charge in [-0.25, -0.2) is 4.57 Å². The maximum atomic E-state index is 14.8. The van der Waals surface area contributed by atoms with Crippen molar-refractivity contribution >= 4 is 13.5 Å². The Morgan fingerprint density at radius 3 is 1.85 bits per heavy atom. The predicted octanol–water partition coefficient (Wildman–Crippen LogP) is 6.28. The fourth-order valence-electron chi connectivity index (χ4n) is 4.26. The molecule has 4 aromatic rings. The second kappa shape index (κ2) is 13.3. The molecule has 40 heavy (non-hydrogen) atoms. The smallest absolute Gasteiger partial charge is 0.457 e. The van der Waals surface area contributed by atoms with Crippen molar-refractivity contribution in [2.45, 2.75) is 5.78 Å². The van der Waals surface area contributed by atoms with Crippen molar-refractivity contribution in [3.8, 4) is 23.0 Å². The minimum absolute atomic E-state index is 0.122. The summed E-state index contributed by atoms with van der Waals surface area (Å²) in [6, 6.07) is 34.0.